The van der Waals surface area contributed by atoms with Crippen molar-refractivity contribution in [3.05, 3.63) is 40.1 Å². The second kappa shape index (κ2) is 8.57. The molecule has 0 saturated carbocycles. The molecule has 2 atom stereocenters. The van der Waals surface area contributed by atoms with E-state index < -0.39 is 0 Å². The quantitative estimate of drug-likeness (QED) is 0.800. The molecule has 0 bridgehead atoms. The molecule has 3 rings (SSSR count). The Morgan fingerprint density at radius 2 is 2.28 bits per heavy atom. The normalized spacial score (nSPS) is 20.9. The van der Waals surface area contributed by atoms with Gasteiger partial charge in [0.15, 0.2) is 0 Å². The van der Waals surface area contributed by atoms with Crippen molar-refractivity contribution in [3.63, 3.8) is 0 Å². The molecule has 1 fully saturated rings. The minimum Gasteiger partial charge on any atom is -0.372 e. The fraction of sp³-hybridized carbons (Fsp3) is 0.467. The molecule has 134 valence electrons. The van der Waals surface area contributed by atoms with Gasteiger partial charge in [-0.25, -0.2) is 4.68 Å². The van der Waals surface area contributed by atoms with Crippen LogP contribution in [0.1, 0.15) is 11.7 Å². The third-order valence-corrected chi connectivity index (χ3v) is 4.68. The average Bonchev–Trinajstić information content (AvgIpc) is 2.98. The van der Waals surface area contributed by atoms with E-state index in [0.717, 1.165) is 18.7 Å². The van der Waals surface area contributed by atoms with Crippen LogP contribution < -0.4 is 10.6 Å². The lowest BCUT2D eigenvalue weighted by Gasteiger charge is -2.25. The molecule has 0 aliphatic carbocycles. The molecule has 2 aromatic rings. The summed E-state index contributed by atoms with van der Waals surface area (Å²) in [6.07, 6.45) is 1.21. The monoisotopic (exact) mass is 384 g/mol. The van der Waals surface area contributed by atoms with E-state index in [9.17, 15) is 4.79 Å². The molecule has 8 nitrogen and oxygen atoms in total. The first-order valence-corrected chi connectivity index (χ1v) is 8.64. The van der Waals surface area contributed by atoms with Gasteiger partial charge in [-0.2, -0.15) is 0 Å². The van der Waals surface area contributed by atoms with E-state index in [2.05, 4.69) is 26.2 Å². The summed E-state index contributed by atoms with van der Waals surface area (Å²) in [5, 5.41) is 17.9. The van der Waals surface area contributed by atoms with Gasteiger partial charge < -0.3 is 15.4 Å². The first-order valence-electron chi connectivity index (χ1n) is 7.88. The van der Waals surface area contributed by atoms with Gasteiger partial charge in [-0.1, -0.05) is 29.3 Å². The molecular formula is C15H18Cl2N6O2. The molecule has 0 unspecified atom stereocenters. The standard InChI is InChI=1S/C15H18Cl2N6O2/c16-12-2-1-10(5-13(12)17)15-11(6-18-3-4-25-15)7-19-14(24)8-23-9-20-21-22-23/h1-2,5,9,11,15,18H,3-4,6-8H2,(H,19,24)/t11-,15-/m0/s1. The maximum atomic E-state index is 12.1. The third-order valence-electron chi connectivity index (χ3n) is 3.94. The number of rotatable bonds is 5. The Hall–Kier alpha value is -1.74. The molecule has 2 heterocycles. The molecule has 25 heavy (non-hydrogen) atoms. The fourth-order valence-corrected chi connectivity index (χ4v) is 3.03. The molecule has 2 N–H and O–H groups in total. The second-order valence-corrected chi connectivity index (χ2v) is 6.56. The zero-order valence-electron chi connectivity index (χ0n) is 13.4. The molecule has 1 aliphatic rings. The van der Waals surface area contributed by atoms with Crippen LogP contribution in [0.25, 0.3) is 0 Å². The van der Waals surface area contributed by atoms with Crippen molar-refractivity contribution in [1.82, 2.24) is 30.8 Å². The van der Waals surface area contributed by atoms with E-state index in [4.69, 9.17) is 27.9 Å². The van der Waals surface area contributed by atoms with Crippen LogP contribution in [-0.4, -0.2) is 52.4 Å². The average molecular weight is 385 g/mol. The predicted molar refractivity (Wildman–Crippen MR) is 92.3 cm³/mol. The van der Waals surface area contributed by atoms with Crippen molar-refractivity contribution in [2.45, 2.75) is 12.6 Å². The molecule has 0 radical (unpaired) electrons. The van der Waals surface area contributed by atoms with Crippen LogP contribution >= 0.6 is 23.2 Å². The van der Waals surface area contributed by atoms with E-state index >= 15 is 0 Å². The molecule has 0 spiro atoms. The predicted octanol–water partition coefficient (Wildman–Crippen LogP) is 1.07. The number of carbonyl (C=O) groups is 1. The van der Waals surface area contributed by atoms with Gasteiger partial charge in [0.1, 0.15) is 12.9 Å². The van der Waals surface area contributed by atoms with Crippen molar-refractivity contribution >= 4 is 29.1 Å². The number of benzene rings is 1. The van der Waals surface area contributed by atoms with Crippen LogP contribution in [0.15, 0.2) is 24.5 Å². The lowest BCUT2D eigenvalue weighted by atomic mass is 9.95. The fourth-order valence-electron chi connectivity index (χ4n) is 2.73. The van der Waals surface area contributed by atoms with Crippen molar-refractivity contribution in [1.29, 1.82) is 0 Å². The number of hydrogen-bond donors (Lipinski definition) is 2. The van der Waals surface area contributed by atoms with Gasteiger partial charge in [-0.3, -0.25) is 4.79 Å². The molecular weight excluding hydrogens is 367 g/mol. The van der Waals surface area contributed by atoms with Gasteiger partial charge in [-0.05, 0) is 28.1 Å². The number of hydrogen-bond acceptors (Lipinski definition) is 6. The Morgan fingerprint density at radius 1 is 1.40 bits per heavy atom. The van der Waals surface area contributed by atoms with Gasteiger partial charge in [0.25, 0.3) is 0 Å². The maximum Gasteiger partial charge on any atom is 0.241 e. The highest BCUT2D eigenvalue weighted by molar-refractivity contribution is 6.42. The van der Waals surface area contributed by atoms with E-state index in [1.54, 1.807) is 6.07 Å². The summed E-state index contributed by atoms with van der Waals surface area (Å²) in [6, 6.07) is 5.48. The Balaban J connectivity index is 1.65. The van der Waals surface area contributed by atoms with Gasteiger partial charge in [0, 0.05) is 25.6 Å². The number of tetrazole rings is 1. The number of carbonyl (C=O) groups excluding carboxylic acids is 1. The zero-order valence-corrected chi connectivity index (χ0v) is 14.9. The van der Waals surface area contributed by atoms with Crippen LogP contribution in [0.3, 0.4) is 0 Å². The molecule has 1 aromatic carbocycles. The van der Waals surface area contributed by atoms with Gasteiger partial charge >= 0.3 is 0 Å². The summed E-state index contributed by atoms with van der Waals surface area (Å²) in [4.78, 5) is 12.1. The van der Waals surface area contributed by atoms with Crippen LogP contribution in [0.5, 0.6) is 0 Å². The number of halogens is 2. The largest absolute Gasteiger partial charge is 0.372 e. The lowest BCUT2D eigenvalue weighted by Crippen LogP contribution is -2.38. The van der Waals surface area contributed by atoms with Gasteiger partial charge in [0.05, 0.1) is 22.8 Å². The summed E-state index contributed by atoms with van der Waals surface area (Å²) in [6.45, 7) is 2.59. The van der Waals surface area contributed by atoms with E-state index in [0.29, 0.717) is 23.2 Å². The number of nitrogens with one attached hydrogen (secondary N) is 2. The summed E-state index contributed by atoms with van der Waals surface area (Å²) in [5.41, 5.74) is 0.942. The number of amides is 1. The summed E-state index contributed by atoms with van der Waals surface area (Å²) in [7, 11) is 0. The van der Waals surface area contributed by atoms with Crippen molar-refractivity contribution in [2.24, 2.45) is 5.92 Å². The smallest absolute Gasteiger partial charge is 0.241 e. The minimum atomic E-state index is -0.182. The van der Waals surface area contributed by atoms with Crippen molar-refractivity contribution in [3.8, 4) is 0 Å². The van der Waals surface area contributed by atoms with Crippen LogP contribution in [0.4, 0.5) is 0 Å². The summed E-state index contributed by atoms with van der Waals surface area (Å²) in [5.74, 6) is -0.109. The van der Waals surface area contributed by atoms with Gasteiger partial charge in [-0.15, -0.1) is 5.10 Å². The van der Waals surface area contributed by atoms with Gasteiger partial charge in [0.2, 0.25) is 5.91 Å². The van der Waals surface area contributed by atoms with Crippen LogP contribution in [0.2, 0.25) is 10.0 Å². The Labute approximate surface area is 154 Å². The highest BCUT2D eigenvalue weighted by atomic mass is 35.5. The number of nitrogens with zero attached hydrogens (tertiary/aromatic N) is 4. The molecule has 1 saturated heterocycles. The van der Waals surface area contributed by atoms with Crippen molar-refractivity contribution in [2.75, 3.05) is 26.2 Å². The SMILES string of the molecule is O=C(Cn1cnnn1)NC[C@@H]1CNCCO[C@H]1c1ccc(Cl)c(Cl)c1. The Morgan fingerprint density at radius 3 is 3.04 bits per heavy atom. The minimum absolute atomic E-state index is 0.0533. The zero-order chi connectivity index (χ0) is 17.6. The highest BCUT2D eigenvalue weighted by Crippen LogP contribution is 2.31. The van der Waals surface area contributed by atoms with Crippen LogP contribution in [0, 0.1) is 5.92 Å². The summed E-state index contributed by atoms with van der Waals surface area (Å²) < 4.78 is 7.35. The first kappa shape index (κ1) is 18.1. The maximum absolute atomic E-state index is 12.1. The lowest BCUT2D eigenvalue weighted by molar-refractivity contribution is -0.122. The molecule has 1 aromatic heterocycles. The van der Waals surface area contributed by atoms with Crippen LogP contribution in [-0.2, 0) is 16.1 Å². The summed E-state index contributed by atoms with van der Waals surface area (Å²) >= 11 is 12.1. The van der Waals surface area contributed by atoms with E-state index in [1.165, 1.54) is 11.0 Å². The Kier molecular flexibility index (Phi) is 6.19. The molecule has 10 heteroatoms. The molecule has 1 aliphatic heterocycles. The van der Waals surface area contributed by atoms with E-state index in [-0.39, 0.29) is 24.5 Å². The first-order chi connectivity index (χ1) is 12.1. The third kappa shape index (κ3) is 4.88. The van der Waals surface area contributed by atoms with Crippen molar-refractivity contribution < 1.29 is 9.53 Å². The highest BCUT2D eigenvalue weighted by Gasteiger charge is 2.27. The molecule has 1 amide bonds. The second-order valence-electron chi connectivity index (χ2n) is 5.74. The topological polar surface area (TPSA) is 94.0 Å². The Bertz CT molecular complexity index is 712. The van der Waals surface area contributed by atoms with E-state index in [1.807, 2.05) is 12.1 Å². The number of aromatic nitrogens is 4. The number of ether oxygens (including phenoxy) is 1.